The maximum Gasteiger partial charge on any atom is 0.153 e. The number of rotatable bonds is 0. The van der Waals surface area contributed by atoms with Crippen LogP contribution in [-0.4, -0.2) is 9.78 Å². The zero-order chi connectivity index (χ0) is 6.15. The molecule has 0 fully saturated rings. The summed E-state index contributed by atoms with van der Waals surface area (Å²) >= 11 is 5.45. The van der Waals surface area contributed by atoms with Crippen molar-refractivity contribution < 1.29 is 0 Å². The second kappa shape index (κ2) is 1.67. The average molecular weight is 132 g/mol. The van der Waals surface area contributed by atoms with E-state index in [1.165, 1.54) is 4.68 Å². The van der Waals surface area contributed by atoms with Crippen molar-refractivity contribution in [3.05, 3.63) is 11.2 Å². The SMILES string of the molecule is Cn1nc(Cl)cc1N. The van der Waals surface area contributed by atoms with Crippen molar-refractivity contribution in [3.8, 4) is 0 Å². The normalized spacial score (nSPS) is 9.75. The first-order chi connectivity index (χ1) is 3.70. The summed E-state index contributed by atoms with van der Waals surface area (Å²) < 4.78 is 1.52. The van der Waals surface area contributed by atoms with E-state index in [0.717, 1.165) is 0 Å². The summed E-state index contributed by atoms with van der Waals surface area (Å²) in [5.41, 5.74) is 5.36. The van der Waals surface area contributed by atoms with Gasteiger partial charge in [0.15, 0.2) is 5.15 Å². The molecule has 0 saturated carbocycles. The van der Waals surface area contributed by atoms with Crippen LogP contribution in [0.1, 0.15) is 0 Å². The molecular weight excluding hydrogens is 126 g/mol. The van der Waals surface area contributed by atoms with Gasteiger partial charge in [-0.15, -0.1) is 0 Å². The van der Waals surface area contributed by atoms with Gasteiger partial charge in [-0.1, -0.05) is 11.6 Å². The van der Waals surface area contributed by atoms with Crippen molar-refractivity contribution in [2.24, 2.45) is 7.05 Å². The van der Waals surface area contributed by atoms with Crippen molar-refractivity contribution in [1.29, 1.82) is 0 Å². The van der Waals surface area contributed by atoms with E-state index in [-0.39, 0.29) is 0 Å². The van der Waals surface area contributed by atoms with Gasteiger partial charge in [0.05, 0.1) is 0 Å². The molecule has 0 aliphatic rings. The number of nitrogens with two attached hydrogens (primary N) is 1. The Balaban J connectivity index is 3.14. The molecule has 44 valence electrons. The Kier molecular flexibility index (Phi) is 1.13. The van der Waals surface area contributed by atoms with Crippen LogP contribution in [0.2, 0.25) is 5.15 Å². The lowest BCUT2D eigenvalue weighted by Gasteiger charge is -1.87. The highest BCUT2D eigenvalue weighted by molar-refractivity contribution is 6.29. The molecular formula is C4H6ClN3. The molecule has 1 heterocycles. The maximum atomic E-state index is 5.45. The van der Waals surface area contributed by atoms with Crippen molar-refractivity contribution in [3.63, 3.8) is 0 Å². The Hall–Kier alpha value is -0.700. The summed E-state index contributed by atoms with van der Waals surface area (Å²) in [5, 5.41) is 4.20. The van der Waals surface area contributed by atoms with Gasteiger partial charge in [0.25, 0.3) is 0 Å². The summed E-state index contributed by atoms with van der Waals surface area (Å²) in [4.78, 5) is 0. The van der Waals surface area contributed by atoms with Gasteiger partial charge in [0.2, 0.25) is 0 Å². The minimum Gasteiger partial charge on any atom is -0.384 e. The summed E-state index contributed by atoms with van der Waals surface area (Å²) in [5.74, 6) is 0.579. The number of nitrogens with zero attached hydrogens (tertiary/aromatic N) is 2. The third kappa shape index (κ3) is 0.767. The molecule has 3 nitrogen and oxygen atoms in total. The molecule has 0 atom stereocenters. The summed E-state index contributed by atoms with van der Waals surface area (Å²) in [6.45, 7) is 0. The van der Waals surface area contributed by atoms with E-state index in [4.69, 9.17) is 17.3 Å². The quantitative estimate of drug-likeness (QED) is 0.562. The van der Waals surface area contributed by atoms with E-state index < -0.39 is 0 Å². The van der Waals surface area contributed by atoms with Crippen molar-refractivity contribution in [2.75, 3.05) is 5.73 Å². The lowest BCUT2D eigenvalue weighted by Crippen LogP contribution is -1.96. The smallest absolute Gasteiger partial charge is 0.153 e. The third-order valence-corrected chi connectivity index (χ3v) is 1.07. The van der Waals surface area contributed by atoms with Gasteiger partial charge < -0.3 is 5.73 Å². The van der Waals surface area contributed by atoms with Crippen molar-refractivity contribution in [2.45, 2.75) is 0 Å². The van der Waals surface area contributed by atoms with Crippen LogP contribution in [0.15, 0.2) is 6.07 Å². The van der Waals surface area contributed by atoms with Crippen molar-refractivity contribution in [1.82, 2.24) is 9.78 Å². The van der Waals surface area contributed by atoms with E-state index in [1.807, 2.05) is 0 Å². The molecule has 0 aliphatic heterocycles. The lowest BCUT2D eigenvalue weighted by atomic mass is 10.7. The Morgan fingerprint density at radius 2 is 2.50 bits per heavy atom. The fraction of sp³-hybridized carbons (Fsp3) is 0.250. The summed E-state index contributed by atoms with van der Waals surface area (Å²) in [6, 6.07) is 1.60. The van der Waals surface area contributed by atoms with E-state index in [2.05, 4.69) is 5.10 Å². The van der Waals surface area contributed by atoms with Gasteiger partial charge in [-0.2, -0.15) is 5.10 Å². The first kappa shape index (κ1) is 5.44. The molecule has 1 aromatic heterocycles. The van der Waals surface area contributed by atoms with Gasteiger partial charge in [-0.25, -0.2) is 0 Å². The van der Waals surface area contributed by atoms with Crippen LogP contribution in [0.3, 0.4) is 0 Å². The fourth-order valence-corrected chi connectivity index (χ4v) is 0.671. The van der Waals surface area contributed by atoms with Gasteiger partial charge in [-0.3, -0.25) is 4.68 Å². The molecule has 0 bridgehead atoms. The number of anilines is 1. The molecule has 8 heavy (non-hydrogen) atoms. The van der Waals surface area contributed by atoms with Crippen LogP contribution in [-0.2, 0) is 7.05 Å². The third-order valence-electron chi connectivity index (χ3n) is 0.886. The Labute approximate surface area is 52.0 Å². The van der Waals surface area contributed by atoms with Crippen molar-refractivity contribution >= 4 is 17.4 Å². The monoisotopic (exact) mass is 131 g/mol. The Morgan fingerprint density at radius 3 is 2.62 bits per heavy atom. The highest BCUT2D eigenvalue weighted by Crippen LogP contribution is 2.08. The number of hydrogen-bond acceptors (Lipinski definition) is 2. The first-order valence-corrected chi connectivity index (χ1v) is 2.53. The van der Waals surface area contributed by atoms with E-state index in [0.29, 0.717) is 11.0 Å². The molecule has 0 amide bonds. The number of aryl methyl sites for hydroxylation is 1. The molecule has 0 aromatic carbocycles. The zero-order valence-electron chi connectivity index (χ0n) is 4.43. The largest absolute Gasteiger partial charge is 0.384 e. The highest BCUT2D eigenvalue weighted by Gasteiger charge is 1.94. The zero-order valence-corrected chi connectivity index (χ0v) is 5.18. The van der Waals surface area contributed by atoms with Gasteiger partial charge in [0, 0.05) is 13.1 Å². The van der Waals surface area contributed by atoms with Gasteiger partial charge in [-0.05, 0) is 0 Å². The molecule has 4 heteroatoms. The standard InChI is InChI=1S/C4H6ClN3/c1-8-4(6)2-3(5)7-8/h2H,6H2,1H3. The van der Waals surface area contributed by atoms with Crippen LogP contribution in [0.25, 0.3) is 0 Å². The van der Waals surface area contributed by atoms with E-state index in [9.17, 15) is 0 Å². The van der Waals surface area contributed by atoms with Gasteiger partial charge >= 0.3 is 0 Å². The van der Waals surface area contributed by atoms with Crippen LogP contribution >= 0.6 is 11.6 Å². The van der Waals surface area contributed by atoms with Crippen LogP contribution in [0.5, 0.6) is 0 Å². The summed E-state index contributed by atoms with van der Waals surface area (Å²) in [7, 11) is 1.74. The number of aromatic nitrogens is 2. The number of nitrogen functional groups attached to an aromatic ring is 1. The first-order valence-electron chi connectivity index (χ1n) is 2.15. The second-order valence-corrected chi connectivity index (χ2v) is 1.90. The van der Waals surface area contributed by atoms with Gasteiger partial charge in [0.1, 0.15) is 5.82 Å². The predicted octanol–water partition coefficient (Wildman–Crippen LogP) is 0.656. The molecule has 0 saturated heterocycles. The minimum absolute atomic E-state index is 0.435. The molecule has 0 aliphatic carbocycles. The molecule has 2 N–H and O–H groups in total. The Morgan fingerprint density at radius 1 is 1.88 bits per heavy atom. The molecule has 0 spiro atoms. The van der Waals surface area contributed by atoms with Crippen LogP contribution in [0.4, 0.5) is 5.82 Å². The Bertz CT molecular complexity index is 174. The fourth-order valence-electron chi connectivity index (χ4n) is 0.445. The molecule has 0 radical (unpaired) electrons. The minimum atomic E-state index is 0.435. The summed E-state index contributed by atoms with van der Waals surface area (Å²) in [6.07, 6.45) is 0. The lowest BCUT2D eigenvalue weighted by molar-refractivity contribution is 0.779. The number of halogens is 1. The van der Waals surface area contributed by atoms with Crippen LogP contribution < -0.4 is 5.73 Å². The van der Waals surface area contributed by atoms with Crippen LogP contribution in [0, 0.1) is 0 Å². The second-order valence-electron chi connectivity index (χ2n) is 1.52. The average Bonchev–Trinajstić information content (AvgIpc) is 1.85. The topological polar surface area (TPSA) is 43.8 Å². The molecule has 1 aromatic rings. The maximum absolute atomic E-state index is 5.45. The highest BCUT2D eigenvalue weighted by atomic mass is 35.5. The predicted molar refractivity (Wildman–Crippen MR) is 32.6 cm³/mol. The van der Waals surface area contributed by atoms with E-state index in [1.54, 1.807) is 13.1 Å². The molecule has 1 rings (SSSR count). The van der Waals surface area contributed by atoms with E-state index >= 15 is 0 Å². The number of hydrogen-bond donors (Lipinski definition) is 1. The molecule has 0 unspecified atom stereocenters.